The van der Waals surface area contributed by atoms with Crippen LogP contribution in [0.4, 0.5) is 8.78 Å². The van der Waals surface area contributed by atoms with Crippen LogP contribution in [-0.4, -0.2) is 24.9 Å². The van der Waals surface area contributed by atoms with Crippen LogP contribution in [0.25, 0.3) is 0 Å². The van der Waals surface area contributed by atoms with Crippen LogP contribution in [0, 0.1) is 5.41 Å². The normalized spacial score (nSPS) is 22.0. The van der Waals surface area contributed by atoms with Gasteiger partial charge in [0.05, 0.1) is 13.2 Å². The highest BCUT2D eigenvalue weighted by atomic mass is 19.3. The van der Waals surface area contributed by atoms with E-state index in [1.54, 1.807) is 27.7 Å². The van der Waals surface area contributed by atoms with Gasteiger partial charge in [0, 0.05) is 11.8 Å². The molecule has 90 valence electrons. The lowest BCUT2D eigenvalue weighted by Gasteiger charge is -2.43. The molecule has 15 heavy (non-hydrogen) atoms. The molecule has 1 fully saturated rings. The molecule has 0 amide bonds. The van der Waals surface area contributed by atoms with Crippen molar-refractivity contribution < 1.29 is 18.3 Å². The Hall–Kier alpha value is -0.220. The van der Waals surface area contributed by atoms with Crippen molar-refractivity contribution in [1.82, 2.24) is 0 Å². The summed E-state index contributed by atoms with van der Waals surface area (Å²) in [4.78, 5) is 0. The second-order valence-electron chi connectivity index (χ2n) is 4.62. The predicted octanol–water partition coefficient (Wildman–Crippen LogP) is 3.21. The van der Waals surface area contributed by atoms with Crippen LogP contribution in [0.5, 0.6) is 0 Å². The fourth-order valence-corrected chi connectivity index (χ4v) is 1.80. The number of hydrogen-bond donors (Lipinski definition) is 0. The molecule has 0 unspecified atom stereocenters. The summed E-state index contributed by atoms with van der Waals surface area (Å²) < 4.78 is 39.0. The average Bonchev–Trinajstić information content (AvgIpc) is 2.67. The summed E-state index contributed by atoms with van der Waals surface area (Å²) in [6.45, 7) is 7.04. The maximum atomic E-state index is 14.3. The third kappa shape index (κ3) is 1.78. The number of rotatable bonds is 4. The Morgan fingerprint density at radius 1 is 1.13 bits per heavy atom. The van der Waals surface area contributed by atoms with Gasteiger partial charge in [0.25, 0.3) is 0 Å². The largest absolute Gasteiger partial charge is 0.342 e. The zero-order chi connectivity index (χ0) is 11.7. The van der Waals surface area contributed by atoms with Gasteiger partial charge < -0.3 is 9.47 Å². The molecular weight excluding hydrogens is 202 g/mol. The first-order valence-electron chi connectivity index (χ1n) is 5.48. The lowest BCUT2D eigenvalue weighted by molar-refractivity contribution is -0.327. The molecule has 1 aliphatic rings. The molecule has 0 N–H and O–H groups in total. The first-order valence-corrected chi connectivity index (χ1v) is 5.48. The fourth-order valence-electron chi connectivity index (χ4n) is 1.80. The minimum atomic E-state index is -2.97. The monoisotopic (exact) mass is 222 g/mol. The molecular formula is C11H20F2O2. The summed E-state index contributed by atoms with van der Waals surface area (Å²) in [6.07, 6.45) is 0.553. The maximum absolute atomic E-state index is 14.3. The van der Waals surface area contributed by atoms with Crippen molar-refractivity contribution in [3.05, 3.63) is 0 Å². The van der Waals surface area contributed by atoms with Crippen molar-refractivity contribution in [3.8, 4) is 0 Å². The zero-order valence-electron chi connectivity index (χ0n) is 9.90. The lowest BCUT2D eigenvalue weighted by Crippen LogP contribution is -2.56. The van der Waals surface area contributed by atoms with Crippen LogP contribution in [-0.2, 0) is 9.47 Å². The molecule has 1 saturated heterocycles. The van der Waals surface area contributed by atoms with Crippen LogP contribution < -0.4 is 0 Å². The quantitative estimate of drug-likeness (QED) is 0.727. The van der Waals surface area contributed by atoms with Gasteiger partial charge in [-0.1, -0.05) is 27.7 Å². The van der Waals surface area contributed by atoms with Crippen LogP contribution >= 0.6 is 0 Å². The van der Waals surface area contributed by atoms with Crippen molar-refractivity contribution >= 4 is 0 Å². The molecule has 1 heterocycles. The van der Waals surface area contributed by atoms with E-state index in [4.69, 9.17) is 9.47 Å². The molecule has 0 radical (unpaired) electrons. The second kappa shape index (κ2) is 3.98. The van der Waals surface area contributed by atoms with Gasteiger partial charge >= 0.3 is 5.92 Å². The number of hydrogen-bond acceptors (Lipinski definition) is 2. The van der Waals surface area contributed by atoms with Crippen LogP contribution in [0.15, 0.2) is 0 Å². The first kappa shape index (κ1) is 12.8. The summed E-state index contributed by atoms with van der Waals surface area (Å²) in [7, 11) is 0. The van der Waals surface area contributed by atoms with E-state index in [0.29, 0.717) is 6.42 Å². The fraction of sp³-hybridized carbons (Fsp3) is 1.00. The van der Waals surface area contributed by atoms with E-state index < -0.39 is 17.1 Å². The Bertz CT molecular complexity index is 221. The van der Waals surface area contributed by atoms with E-state index in [9.17, 15) is 8.78 Å². The highest BCUT2D eigenvalue weighted by Gasteiger charge is 2.64. The van der Waals surface area contributed by atoms with Crippen LogP contribution in [0.3, 0.4) is 0 Å². The number of alkyl halides is 2. The minimum Gasteiger partial charge on any atom is -0.342 e. The molecule has 0 aromatic rings. The van der Waals surface area contributed by atoms with Crippen LogP contribution in [0.1, 0.15) is 40.5 Å². The van der Waals surface area contributed by atoms with E-state index >= 15 is 0 Å². The van der Waals surface area contributed by atoms with E-state index in [1.807, 2.05) is 0 Å². The third-order valence-electron chi connectivity index (χ3n) is 3.43. The van der Waals surface area contributed by atoms with Crippen molar-refractivity contribution in [1.29, 1.82) is 0 Å². The average molecular weight is 222 g/mol. The van der Waals surface area contributed by atoms with Gasteiger partial charge in [-0.2, -0.15) is 0 Å². The van der Waals surface area contributed by atoms with Gasteiger partial charge in [0.2, 0.25) is 5.79 Å². The molecule has 0 aromatic heterocycles. The maximum Gasteiger partial charge on any atom is 0.305 e. The molecule has 4 heteroatoms. The van der Waals surface area contributed by atoms with Gasteiger partial charge in [-0.25, -0.2) is 8.78 Å². The topological polar surface area (TPSA) is 18.5 Å². The Morgan fingerprint density at radius 3 is 1.93 bits per heavy atom. The number of ether oxygens (including phenoxy) is 2. The summed E-state index contributed by atoms with van der Waals surface area (Å²) in [5.74, 6) is -4.69. The minimum absolute atomic E-state index is 0.170. The highest BCUT2D eigenvalue weighted by molar-refractivity contribution is 4.98. The Balaban J connectivity index is 3.01. The second-order valence-corrected chi connectivity index (χ2v) is 4.62. The summed E-state index contributed by atoms with van der Waals surface area (Å²) in [5, 5.41) is 0. The van der Waals surface area contributed by atoms with Crippen molar-refractivity contribution in [2.24, 2.45) is 5.41 Å². The van der Waals surface area contributed by atoms with E-state index in [-0.39, 0.29) is 19.6 Å². The van der Waals surface area contributed by atoms with Crippen molar-refractivity contribution in [3.63, 3.8) is 0 Å². The van der Waals surface area contributed by atoms with Gasteiger partial charge in [-0.15, -0.1) is 0 Å². The van der Waals surface area contributed by atoms with Gasteiger partial charge in [0.15, 0.2) is 0 Å². The molecule has 0 spiro atoms. The lowest BCUT2D eigenvalue weighted by atomic mass is 9.78. The molecule has 0 aromatic carbocycles. The molecule has 0 bridgehead atoms. The van der Waals surface area contributed by atoms with Crippen LogP contribution in [0.2, 0.25) is 0 Å². The molecule has 1 rings (SSSR count). The first-order chi connectivity index (χ1) is 6.83. The van der Waals surface area contributed by atoms with Gasteiger partial charge in [-0.3, -0.25) is 0 Å². The Labute approximate surface area is 89.9 Å². The van der Waals surface area contributed by atoms with Crippen molar-refractivity contribution in [2.75, 3.05) is 13.2 Å². The third-order valence-corrected chi connectivity index (χ3v) is 3.43. The van der Waals surface area contributed by atoms with E-state index in [1.165, 1.54) is 0 Å². The molecule has 0 saturated carbocycles. The highest BCUT2D eigenvalue weighted by Crippen LogP contribution is 2.51. The molecule has 2 nitrogen and oxygen atoms in total. The summed E-state index contributed by atoms with van der Waals surface area (Å²) in [6, 6.07) is 0. The van der Waals surface area contributed by atoms with Gasteiger partial charge in [-0.05, 0) is 6.42 Å². The smallest absolute Gasteiger partial charge is 0.305 e. The van der Waals surface area contributed by atoms with Crippen molar-refractivity contribution in [2.45, 2.75) is 52.2 Å². The van der Waals surface area contributed by atoms with Gasteiger partial charge in [0.1, 0.15) is 0 Å². The number of halogens is 2. The summed E-state index contributed by atoms with van der Waals surface area (Å²) >= 11 is 0. The standard InChI is InChI=1S/C11H20F2O2/c1-5-9(3,4)11(12,13)10(6-2)14-7-8-15-10/h5-8H2,1-4H3. The predicted molar refractivity (Wildman–Crippen MR) is 53.9 cm³/mol. The molecule has 1 aliphatic heterocycles. The zero-order valence-corrected chi connectivity index (χ0v) is 9.90. The summed E-state index contributed by atoms with van der Waals surface area (Å²) in [5.41, 5.74) is -1.12. The Morgan fingerprint density at radius 2 is 1.60 bits per heavy atom. The van der Waals surface area contributed by atoms with E-state index in [2.05, 4.69) is 0 Å². The molecule has 0 atom stereocenters. The Kier molecular flexibility index (Phi) is 3.41. The molecule has 0 aliphatic carbocycles. The SMILES string of the molecule is CCC(C)(C)C(F)(F)C1(CC)OCCO1. The van der Waals surface area contributed by atoms with E-state index in [0.717, 1.165) is 0 Å².